The Labute approximate surface area is 165 Å². The minimum Gasteiger partial charge on any atom is -0.495 e. The molecule has 0 unspecified atom stereocenters. The highest BCUT2D eigenvalue weighted by Crippen LogP contribution is 2.35. The lowest BCUT2D eigenvalue weighted by Crippen LogP contribution is -2.25. The number of hydrogen-bond donors (Lipinski definition) is 0. The van der Waals surface area contributed by atoms with Crippen LogP contribution >= 0.6 is 22.9 Å². The van der Waals surface area contributed by atoms with Gasteiger partial charge in [-0.1, -0.05) is 18.5 Å². The van der Waals surface area contributed by atoms with Crippen LogP contribution in [-0.2, 0) is 19.4 Å². The van der Waals surface area contributed by atoms with Gasteiger partial charge in [-0.15, -0.1) is 11.3 Å². The quantitative estimate of drug-likeness (QED) is 0.615. The van der Waals surface area contributed by atoms with Crippen LogP contribution < -0.4 is 10.3 Å². The Morgan fingerprint density at radius 3 is 3.00 bits per heavy atom. The number of rotatable bonds is 4. The summed E-state index contributed by atoms with van der Waals surface area (Å²) in [4.78, 5) is 32.1. The molecular formula is C20H19ClN2O3S. The molecule has 5 nitrogen and oxygen atoms in total. The predicted octanol–water partition coefficient (Wildman–Crippen LogP) is 4.13. The number of benzene rings is 1. The number of ketones is 1. The van der Waals surface area contributed by atoms with Crippen LogP contribution in [0.1, 0.15) is 34.1 Å². The lowest BCUT2D eigenvalue weighted by atomic mass is 9.89. The van der Waals surface area contributed by atoms with Crippen molar-refractivity contribution in [3.05, 3.63) is 55.9 Å². The Bertz CT molecular complexity index is 1100. The first-order valence-electron chi connectivity index (χ1n) is 8.84. The molecule has 0 aliphatic heterocycles. The smallest absolute Gasteiger partial charge is 0.262 e. The van der Waals surface area contributed by atoms with E-state index in [-0.39, 0.29) is 17.9 Å². The van der Waals surface area contributed by atoms with E-state index in [0.29, 0.717) is 27.6 Å². The van der Waals surface area contributed by atoms with Gasteiger partial charge in [0.25, 0.3) is 5.56 Å². The lowest BCUT2D eigenvalue weighted by Gasteiger charge is -2.17. The first kappa shape index (κ1) is 18.2. The molecule has 2 aromatic heterocycles. The molecule has 1 aromatic carbocycles. The minimum absolute atomic E-state index is 0.0640. The summed E-state index contributed by atoms with van der Waals surface area (Å²) in [7, 11) is 1.52. The summed E-state index contributed by atoms with van der Waals surface area (Å²) in [6, 6.07) is 4.86. The molecule has 0 fully saturated rings. The van der Waals surface area contributed by atoms with Crippen LogP contribution in [-0.4, -0.2) is 22.4 Å². The van der Waals surface area contributed by atoms with E-state index in [9.17, 15) is 9.59 Å². The molecule has 2 heterocycles. The summed E-state index contributed by atoms with van der Waals surface area (Å²) in [6.45, 7) is 2.17. The molecule has 0 saturated carbocycles. The molecule has 1 aliphatic rings. The van der Waals surface area contributed by atoms with Crippen LogP contribution in [0.25, 0.3) is 10.2 Å². The van der Waals surface area contributed by atoms with Gasteiger partial charge < -0.3 is 4.74 Å². The van der Waals surface area contributed by atoms with Crippen molar-refractivity contribution in [3.8, 4) is 5.75 Å². The number of nitrogens with zero attached hydrogens (tertiary/aromatic N) is 2. The molecule has 27 heavy (non-hydrogen) atoms. The van der Waals surface area contributed by atoms with Gasteiger partial charge >= 0.3 is 0 Å². The molecule has 4 rings (SSSR count). The molecule has 0 N–H and O–H groups in total. The molecule has 1 atom stereocenters. The van der Waals surface area contributed by atoms with Gasteiger partial charge in [0, 0.05) is 10.4 Å². The third-order valence-corrected chi connectivity index (χ3v) is 6.53. The molecule has 0 radical (unpaired) electrons. The number of carbonyl (C=O) groups is 1. The lowest BCUT2D eigenvalue weighted by molar-refractivity contribution is 0.0970. The molecule has 0 bridgehead atoms. The molecule has 1 aliphatic carbocycles. The van der Waals surface area contributed by atoms with Crippen LogP contribution in [0.4, 0.5) is 0 Å². The summed E-state index contributed by atoms with van der Waals surface area (Å²) in [5.74, 6) is 0.947. The zero-order valence-electron chi connectivity index (χ0n) is 15.1. The monoisotopic (exact) mass is 402 g/mol. The fourth-order valence-corrected chi connectivity index (χ4v) is 5.16. The number of hydrogen-bond acceptors (Lipinski definition) is 5. The first-order chi connectivity index (χ1) is 13.0. The van der Waals surface area contributed by atoms with E-state index in [1.54, 1.807) is 29.5 Å². The van der Waals surface area contributed by atoms with Crippen LogP contribution in [0.15, 0.2) is 29.3 Å². The second-order valence-corrected chi connectivity index (χ2v) is 8.47. The molecule has 140 valence electrons. The Balaban J connectivity index is 1.68. The number of aromatic nitrogens is 2. The number of carbonyl (C=O) groups excluding carboxylic acids is 1. The van der Waals surface area contributed by atoms with E-state index in [4.69, 9.17) is 16.3 Å². The van der Waals surface area contributed by atoms with Crippen LogP contribution in [0.5, 0.6) is 5.75 Å². The van der Waals surface area contributed by atoms with Crippen molar-refractivity contribution < 1.29 is 9.53 Å². The number of Topliss-reactive ketones (excluding diaryl/α,β-unsaturated/α-hetero) is 1. The SMILES string of the molecule is COc1ccc(C(=O)Cn2cnc3sc4c(c3c2=O)CC[C@@H](C)C4)cc1Cl. The highest BCUT2D eigenvalue weighted by molar-refractivity contribution is 7.18. The third kappa shape index (κ3) is 3.28. The van der Waals surface area contributed by atoms with Crippen molar-refractivity contribution >= 4 is 38.9 Å². The summed E-state index contributed by atoms with van der Waals surface area (Å²) >= 11 is 7.71. The topological polar surface area (TPSA) is 61.2 Å². The minimum atomic E-state index is -0.194. The first-order valence-corrected chi connectivity index (χ1v) is 10.0. The highest BCUT2D eigenvalue weighted by atomic mass is 35.5. The van der Waals surface area contributed by atoms with Crippen molar-refractivity contribution in [1.29, 1.82) is 0 Å². The zero-order valence-corrected chi connectivity index (χ0v) is 16.7. The molecule has 7 heteroatoms. The van der Waals surface area contributed by atoms with Crippen molar-refractivity contribution in [2.24, 2.45) is 5.92 Å². The Hall–Kier alpha value is -2.18. The maximum atomic E-state index is 13.0. The normalized spacial score (nSPS) is 16.3. The van der Waals surface area contributed by atoms with Crippen molar-refractivity contribution in [1.82, 2.24) is 9.55 Å². The van der Waals surface area contributed by atoms with Gasteiger partial charge in [0.1, 0.15) is 10.6 Å². The Morgan fingerprint density at radius 1 is 1.44 bits per heavy atom. The van der Waals surface area contributed by atoms with Gasteiger partial charge in [-0.3, -0.25) is 14.2 Å². The third-order valence-electron chi connectivity index (χ3n) is 5.07. The molecule has 0 saturated heterocycles. The molecule has 0 spiro atoms. The maximum absolute atomic E-state index is 13.0. The zero-order chi connectivity index (χ0) is 19.1. The standard InChI is InChI=1S/C20H19ClN2O3S/c1-11-3-5-13-17(7-11)27-19-18(13)20(25)23(10-22-19)9-15(24)12-4-6-16(26-2)14(21)8-12/h4,6,8,10-11H,3,5,7,9H2,1-2H3/t11-/m1/s1. The largest absolute Gasteiger partial charge is 0.495 e. The van der Waals surface area contributed by atoms with Crippen LogP contribution in [0.3, 0.4) is 0 Å². The fourth-order valence-electron chi connectivity index (χ4n) is 3.56. The number of halogens is 1. The van der Waals surface area contributed by atoms with Gasteiger partial charge in [0.15, 0.2) is 5.78 Å². The summed E-state index contributed by atoms with van der Waals surface area (Å²) in [5, 5.41) is 1.05. The van der Waals surface area contributed by atoms with E-state index >= 15 is 0 Å². The van der Waals surface area contributed by atoms with Crippen LogP contribution in [0.2, 0.25) is 5.02 Å². The van der Waals surface area contributed by atoms with Gasteiger partial charge in [0.2, 0.25) is 0 Å². The molecular weight excluding hydrogens is 384 g/mol. The van der Waals surface area contributed by atoms with Crippen molar-refractivity contribution in [3.63, 3.8) is 0 Å². The van der Waals surface area contributed by atoms with E-state index in [0.717, 1.165) is 29.7 Å². The molecule has 3 aromatic rings. The fraction of sp³-hybridized carbons (Fsp3) is 0.350. The predicted molar refractivity (Wildman–Crippen MR) is 107 cm³/mol. The van der Waals surface area contributed by atoms with Gasteiger partial charge in [-0.05, 0) is 48.9 Å². The summed E-state index contributed by atoms with van der Waals surface area (Å²) < 4.78 is 6.51. The average Bonchev–Trinajstić information content (AvgIpc) is 3.02. The second kappa shape index (κ2) is 7.09. The van der Waals surface area contributed by atoms with E-state index in [2.05, 4.69) is 11.9 Å². The number of thiophene rings is 1. The van der Waals surface area contributed by atoms with E-state index in [1.165, 1.54) is 22.9 Å². The van der Waals surface area contributed by atoms with Gasteiger partial charge in [-0.2, -0.15) is 0 Å². The van der Waals surface area contributed by atoms with Crippen molar-refractivity contribution in [2.75, 3.05) is 7.11 Å². The number of aryl methyl sites for hydroxylation is 1. The number of methoxy groups -OCH3 is 1. The molecule has 0 amide bonds. The van der Waals surface area contributed by atoms with Crippen molar-refractivity contribution in [2.45, 2.75) is 32.7 Å². The van der Waals surface area contributed by atoms with Gasteiger partial charge in [0.05, 0.1) is 30.4 Å². The number of ether oxygens (including phenoxy) is 1. The second-order valence-electron chi connectivity index (χ2n) is 6.98. The number of fused-ring (bicyclic) bond motifs is 3. The Kier molecular flexibility index (Phi) is 4.78. The average molecular weight is 403 g/mol. The van der Waals surface area contributed by atoms with E-state index in [1.807, 2.05) is 0 Å². The summed E-state index contributed by atoms with van der Waals surface area (Å²) in [6.07, 6.45) is 4.45. The van der Waals surface area contributed by atoms with Gasteiger partial charge in [-0.25, -0.2) is 4.98 Å². The highest BCUT2D eigenvalue weighted by Gasteiger charge is 2.23. The maximum Gasteiger partial charge on any atom is 0.262 e. The van der Waals surface area contributed by atoms with Crippen LogP contribution in [0, 0.1) is 5.92 Å². The van der Waals surface area contributed by atoms with E-state index < -0.39 is 0 Å². The summed E-state index contributed by atoms with van der Waals surface area (Å²) in [5.41, 5.74) is 1.42. The Morgan fingerprint density at radius 2 is 2.26 bits per heavy atom.